The molecule has 0 fully saturated rings. The predicted molar refractivity (Wildman–Crippen MR) is 126 cm³/mol. The monoisotopic (exact) mass is 499 g/mol. The Morgan fingerprint density at radius 3 is 1.74 bits per heavy atom. The lowest BCUT2D eigenvalue weighted by Crippen LogP contribution is -2.12. The molecule has 0 saturated heterocycles. The largest absolute Gasteiger partial charge is 0.497 e. The number of hydrogen-bond acceptors (Lipinski definition) is 8. The van der Waals surface area contributed by atoms with Gasteiger partial charge < -0.3 is 13.1 Å². The fourth-order valence-electron chi connectivity index (χ4n) is 3.13. The Bertz CT molecular complexity index is 1560. The highest BCUT2D eigenvalue weighted by Gasteiger charge is 2.23. The van der Waals surface area contributed by atoms with Gasteiger partial charge in [-0.25, -0.2) is 4.98 Å². The molecule has 0 aliphatic rings. The minimum atomic E-state index is -4.23. The second-order valence-electron chi connectivity index (χ2n) is 7.54. The molecule has 0 saturated carbocycles. The van der Waals surface area contributed by atoms with E-state index >= 15 is 0 Å². The molecule has 0 bridgehead atoms. The number of hydrogen-bond donors (Lipinski definition) is 0. The van der Waals surface area contributed by atoms with Crippen LogP contribution in [0.1, 0.15) is 11.1 Å². The van der Waals surface area contributed by atoms with Crippen molar-refractivity contribution in [3.63, 3.8) is 0 Å². The number of methoxy groups -OCH3 is 1. The van der Waals surface area contributed by atoms with Gasteiger partial charge in [0, 0.05) is 11.5 Å². The number of benzene rings is 3. The van der Waals surface area contributed by atoms with E-state index in [1.165, 1.54) is 31.4 Å². The summed E-state index contributed by atoms with van der Waals surface area (Å²) in [4.78, 5) is 4.10. The molecule has 1 heterocycles. The van der Waals surface area contributed by atoms with E-state index in [1.54, 1.807) is 42.5 Å². The first kappa shape index (κ1) is 23.5. The van der Waals surface area contributed by atoms with Gasteiger partial charge in [-0.15, -0.1) is 0 Å². The van der Waals surface area contributed by atoms with Crippen LogP contribution in [0.2, 0.25) is 0 Å². The van der Waals surface area contributed by atoms with E-state index < -0.39 is 20.2 Å². The van der Waals surface area contributed by atoms with E-state index in [2.05, 4.69) is 4.98 Å². The van der Waals surface area contributed by atoms with Crippen LogP contribution in [0.15, 0.2) is 82.6 Å². The van der Waals surface area contributed by atoms with E-state index in [4.69, 9.17) is 13.1 Å². The summed E-state index contributed by atoms with van der Waals surface area (Å²) < 4.78 is 67.2. The van der Waals surface area contributed by atoms with Gasteiger partial charge in [0.2, 0.25) is 5.88 Å². The van der Waals surface area contributed by atoms with Gasteiger partial charge in [0.05, 0.1) is 12.6 Å². The molecular weight excluding hydrogens is 478 g/mol. The van der Waals surface area contributed by atoms with Crippen molar-refractivity contribution in [2.24, 2.45) is 0 Å². The fourth-order valence-corrected chi connectivity index (χ4v) is 4.94. The molecule has 3 aromatic carbocycles. The maximum atomic E-state index is 12.9. The van der Waals surface area contributed by atoms with Crippen molar-refractivity contribution < 1.29 is 29.9 Å². The van der Waals surface area contributed by atoms with Crippen LogP contribution in [-0.2, 0) is 20.2 Å². The van der Waals surface area contributed by atoms with Crippen LogP contribution < -0.4 is 13.1 Å². The first-order valence-corrected chi connectivity index (χ1v) is 12.9. The van der Waals surface area contributed by atoms with Crippen LogP contribution in [0.5, 0.6) is 17.4 Å². The van der Waals surface area contributed by atoms with Crippen molar-refractivity contribution in [2.75, 3.05) is 7.11 Å². The third-order valence-corrected chi connectivity index (χ3v) is 7.46. The molecule has 0 radical (unpaired) electrons. The maximum Gasteiger partial charge on any atom is 0.340 e. The lowest BCUT2D eigenvalue weighted by molar-refractivity contribution is 0.415. The molecule has 0 aliphatic heterocycles. The first-order chi connectivity index (χ1) is 16.1. The number of pyridine rings is 1. The Balaban J connectivity index is 1.79. The fraction of sp³-hybridized carbons (Fsp3) is 0.125. The molecule has 0 unspecified atom stereocenters. The smallest absolute Gasteiger partial charge is 0.340 e. The van der Waals surface area contributed by atoms with Crippen molar-refractivity contribution in [1.29, 1.82) is 0 Å². The number of rotatable bonds is 7. The zero-order valence-electron chi connectivity index (χ0n) is 18.5. The van der Waals surface area contributed by atoms with Gasteiger partial charge in [-0.3, -0.25) is 0 Å². The molecule has 1 aromatic heterocycles. The molecule has 4 rings (SSSR count). The topological polar surface area (TPSA) is 109 Å². The van der Waals surface area contributed by atoms with E-state index in [-0.39, 0.29) is 26.9 Å². The van der Waals surface area contributed by atoms with Crippen molar-refractivity contribution in [1.82, 2.24) is 4.98 Å². The Labute approximate surface area is 198 Å². The van der Waals surface area contributed by atoms with Gasteiger partial charge in [-0.1, -0.05) is 35.4 Å². The number of fused-ring (bicyclic) bond motifs is 1. The number of ether oxygens (including phenoxy) is 1. The third kappa shape index (κ3) is 4.97. The van der Waals surface area contributed by atoms with Gasteiger partial charge in [0.25, 0.3) is 0 Å². The zero-order valence-corrected chi connectivity index (χ0v) is 20.2. The summed E-state index contributed by atoms with van der Waals surface area (Å²) in [6, 6.07) is 18.1. The molecule has 0 atom stereocenters. The van der Waals surface area contributed by atoms with E-state index in [0.717, 1.165) is 17.2 Å². The highest BCUT2D eigenvalue weighted by atomic mass is 32.2. The summed E-state index contributed by atoms with van der Waals surface area (Å²) in [5.41, 5.74) is 2.02. The predicted octanol–water partition coefficient (Wildman–Crippen LogP) is 4.40. The summed E-state index contributed by atoms with van der Waals surface area (Å²) in [5, 5.41) is 0.301. The normalized spacial score (nSPS) is 11.9. The molecule has 34 heavy (non-hydrogen) atoms. The molecule has 176 valence electrons. The maximum absolute atomic E-state index is 12.9. The van der Waals surface area contributed by atoms with E-state index in [0.29, 0.717) is 11.1 Å². The number of aromatic nitrogens is 1. The lowest BCUT2D eigenvalue weighted by Gasteiger charge is -2.13. The Morgan fingerprint density at radius 1 is 0.676 bits per heavy atom. The quantitative estimate of drug-likeness (QED) is 0.344. The van der Waals surface area contributed by atoms with Gasteiger partial charge in [-0.2, -0.15) is 16.8 Å². The highest BCUT2D eigenvalue weighted by molar-refractivity contribution is 7.87. The second-order valence-corrected chi connectivity index (χ2v) is 10.6. The number of aryl methyl sites for hydroxylation is 2. The van der Waals surface area contributed by atoms with Crippen LogP contribution in [-0.4, -0.2) is 28.9 Å². The third-order valence-electron chi connectivity index (χ3n) is 4.97. The molecule has 0 N–H and O–H groups in total. The van der Waals surface area contributed by atoms with Crippen molar-refractivity contribution in [2.45, 2.75) is 23.6 Å². The van der Waals surface area contributed by atoms with Crippen molar-refractivity contribution in [3.8, 4) is 17.4 Å². The summed E-state index contributed by atoms with van der Waals surface area (Å²) in [6.07, 6.45) is 0. The van der Waals surface area contributed by atoms with Crippen molar-refractivity contribution in [3.05, 3.63) is 83.9 Å². The van der Waals surface area contributed by atoms with Crippen LogP contribution >= 0.6 is 0 Å². The van der Waals surface area contributed by atoms with Gasteiger partial charge >= 0.3 is 20.2 Å². The average Bonchev–Trinajstić information content (AvgIpc) is 2.79. The molecule has 0 aliphatic carbocycles. The summed E-state index contributed by atoms with van der Waals surface area (Å²) in [6.45, 7) is 3.66. The molecule has 0 spiro atoms. The highest BCUT2D eigenvalue weighted by Crippen LogP contribution is 2.34. The Hall–Kier alpha value is -3.63. The molecule has 0 amide bonds. The summed E-state index contributed by atoms with van der Waals surface area (Å²) in [7, 11) is -6.99. The average molecular weight is 500 g/mol. The van der Waals surface area contributed by atoms with E-state index in [1.807, 2.05) is 13.8 Å². The Morgan fingerprint density at radius 2 is 1.21 bits per heavy atom. The Kier molecular flexibility index (Phi) is 6.20. The molecule has 8 nitrogen and oxygen atoms in total. The van der Waals surface area contributed by atoms with Gasteiger partial charge in [0.1, 0.15) is 15.5 Å². The first-order valence-electron chi connectivity index (χ1n) is 10.1. The molecule has 10 heteroatoms. The standard InChI is InChI=1S/C24H21NO7S2/c1-16-4-9-19(10-5-16)33(26,27)31-23-15-24(25-22-13-8-18(30-3)14-21(22)23)32-34(28,29)20-11-6-17(2)7-12-20/h4-15H,1-3H3. The summed E-state index contributed by atoms with van der Waals surface area (Å²) in [5.74, 6) is -0.0567. The van der Waals surface area contributed by atoms with Crippen LogP contribution in [0.25, 0.3) is 10.9 Å². The summed E-state index contributed by atoms with van der Waals surface area (Å²) >= 11 is 0. The lowest BCUT2D eigenvalue weighted by atomic mass is 10.2. The minimum absolute atomic E-state index is 0.0549. The van der Waals surface area contributed by atoms with Gasteiger partial charge in [0.15, 0.2) is 5.75 Å². The SMILES string of the molecule is COc1ccc2nc(OS(=O)(=O)c3ccc(C)cc3)cc(OS(=O)(=O)c3ccc(C)cc3)c2c1. The molecular formula is C24H21NO7S2. The van der Waals surface area contributed by atoms with E-state index in [9.17, 15) is 16.8 Å². The number of nitrogens with zero attached hydrogens (tertiary/aromatic N) is 1. The van der Waals surface area contributed by atoms with Crippen molar-refractivity contribution >= 4 is 31.1 Å². The van der Waals surface area contributed by atoms with Gasteiger partial charge in [-0.05, 0) is 56.3 Å². The minimum Gasteiger partial charge on any atom is -0.497 e. The zero-order chi connectivity index (χ0) is 24.5. The van der Waals surface area contributed by atoms with Crippen LogP contribution in [0.4, 0.5) is 0 Å². The van der Waals surface area contributed by atoms with Crippen LogP contribution in [0, 0.1) is 13.8 Å². The van der Waals surface area contributed by atoms with Crippen LogP contribution in [0.3, 0.4) is 0 Å². The molecule has 4 aromatic rings. The second kappa shape index (κ2) is 8.96.